The third-order valence-electron chi connectivity index (χ3n) is 5.25. The molecule has 2 atom stereocenters. The van der Waals surface area contributed by atoms with Gasteiger partial charge in [-0.3, -0.25) is 9.59 Å². The van der Waals surface area contributed by atoms with E-state index < -0.39 is 23.5 Å². The first kappa shape index (κ1) is 17.1. The number of carbonyl (C=O) groups excluding carboxylic acids is 2. The number of likely N-dealkylation sites (tertiary alicyclic amines) is 1. The van der Waals surface area contributed by atoms with Crippen LogP contribution in [0.1, 0.15) is 28.3 Å². The molecule has 1 N–H and O–H groups in total. The van der Waals surface area contributed by atoms with E-state index in [1.165, 1.54) is 27.5 Å². The number of anilines is 1. The third kappa shape index (κ3) is 2.70. The standard InChI is InChI=1S/C19H18F2N2O2S/c1-23-8-11(12-9-26-15-7-2-4-10(12)15)16(19(23)25)18(24)22-14-6-3-5-13(20)17(14)21/h3,5-6,9,11,16H,2,4,7-8H2,1H3,(H,22,24)/t11-,16+/m1/s1. The minimum absolute atomic E-state index is 0.244. The highest BCUT2D eigenvalue weighted by molar-refractivity contribution is 7.10. The number of aryl methyl sites for hydroxylation is 1. The third-order valence-corrected chi connectivity index (χ3v) is 6.36. The smallest absolute Gasteiger partial charge is 0.237 e. The van der Waals surface area contributed by atoms with Crippen LogP contribution in [0.15, 0.2) is 23.6 Å². The second-order valence-electron chi connectivity index (χ2n) is 6.84. The minimum atomic E-state index is -1.12. The number of nitrogens with zero attached hydrogens (tertiary/aromatic N) is 1. The molecule has 2 aliphatic rings. The van der Waals surface area contributed by atoms with Crippen LogP contribution < -0.4 is 5.32 Å². The van der Waals surface area contributed by atoms with Crippen LogP contribution in [0.3, 0.4) is 0 Å². The van der Waals surface area contributed by atoms with Crippen LogP contribution in [0.2, 0.25) is 0 Å². The van der Waals surface area contributed by atoms with Crippen LogP contribution in [0.5, 0.6) is 0 Å². The zero-order chi connectivity index (χ0) is 18.4. The fraction of sp³-hybridized carbons (Fsp3) is 0.368. The molecule has 0 spiro atoms. The topological polar surface area (TPSA) is 49.4 Å². The molecule has 0 saturated carbocycles. The number of fused-ring (bicyclic) bond motifs is 1. The van der Waals surface area contributed by atoms with E-state index in [1.54, 1.807) is 18.4 Å². The van der Waals surface area contributed by atoms with Crippen molar-refractivity contribution in [2.75, 3.05) is 18.9 Å². The summed E-state index contributed by atoms with van der Waals surface area (Å²) in [5.74, 6) is -4.23. The Balaban J connectivity index is 1.64. The first-order valence-corrected chi connectivity index (χ1v) is 9.44. The molecule has 2 aromatic rings. The second kappa shape index (κ2) is 6.46. The Labute approximate surface area is 153 Å². The molecule has 1 aliphatic carbocycles. The van der Waals surface area contributed by atoms with Crippen molar-refractivity contribution in [2.45, 2.75) is 25.2 Å². The van der Waals surface area contributed by atoms with Crippen molar-refractivity contribution >= 4 is 28.8 Å². The molecule has 0 unspecified atom stereocenters. The summed E-state index contributed by atoms with van der Waals surface area (Å²) in [4.78, 5) is 28.3. The first-order valence-electron chi connectivity index (χ1n) is 8.56. The van der Waals surface area contributed by atoms with Crippen LogP contribution in [-0.2, 0) is 22.4 Å². The van der Waals surface area contributed by atoms with Gasteiger partial charge in [0, 0.05) is 24.4 Å². The largest absolute Gasteiger partial charge is 0.344 e. The fourth-order valence-corrected chi connectivity index (χ4v) is 5.16. The van der Waals surface area contributed by atoms with Crippen molar-refractivity contribution in [3.05, 3.63) is 51.2 Å². The molecule has 136 valence electrons. The summed E-state index contributed by atoms with van der Waals surface area (Å²) in [6, 6.07) is 3.59. The zero-order valence-corrected chi connectivity index (χ0v) is 15.0. The lowest BCUT2D eigenvalue weighted by atomic mass is 9.86. The molecular formula is C19H18F2N2O2S. The van der Waals surface area contributed by atoms with Crippen molar-refractivity contribution in [3.63, 3.8) is 0 Å². The summed E-state index contributed by atoms with van der Waals surface area (Å²) in [6.45, 7) is 0.450. The Morgan fingerprint density at radius 1 is 1.31 bits per heavy atom. The van der Waals surface area contributed by atoms with Crippen LogP contribution in [0, 0.1) is 17.6 Å². The van der Waals surface area contributed by atoms with Gasteiger partial charge in [-0.25, -0.2) is 8.78 Å². The van der Waals surface area contributed by atoms with Gasteiger partial charge in [0.25, 0.3) is 0 Å². The van der Waals surface area contributed by atoms with Crippen molar-refractivity contribution in [2.24, 2.45) is 5.92 Å². The Morgan fingerprint density at radius 2 is 2.12 bits per heavy atom. The molecule has 1 fully saturated rings. The Hall–Kier alpha value is -2.28. The predicted octanol–water partition coefficient (Wildman–Crippen LogP) is 3.33. The number of amides is 2. The lowest BCUT2D eigenvalue weighted by Crippen LogP contribution is -2.33. The minimum Gasteiger partial charge on any atom is -0.344 e. The Morgan fingerprint density at radius 3 is 2.92 bits per heavy atom. The summed E-state index contributed by atoms with van der Waals surface area (Å²) < 4.78 is 27.3. The average molecular weight is 376 g/mol. The first-order chi connectivity index (χ1) is 12.5. The predicted molar refractivity (Wildman–Crippen MR) is 95.2 cm³/mol. The molecule has 0 bridgehead atoms. The molecule has 4 nitrogen and oxygen atoms in total. The summed E-state index contributed by atoms with van der Waals surface area (Å²) >= 11 is 1.68. The number of likely N-dealkylation sites (N-methyl/N-ethyl adjacent to an activating group) is 1. The number of nitrogens with one attached hydrogen (secondary N) is 1. The molecule has 7 heteroatoms. The molecule has 1 aliphatic heterocycles. The number of carbonyl (C=O) groups is 2. The van der Waals surface area contributed by atoms with E-state index in [2.05, 4.69) is 5.32 Å². The molecule has 1 saturated heterocycles. The summed E-state index contributed by atoms with van der Waals surface area (Å²) in [7, 11) is 1.66. The fourth-order valence-electron chi connectivity index (χ4n) is 3.95. The van der Waals surface area contributed by atoms with Crippen molar-refractivity contribution in [3.8, 4) is 0 Å². The van der Waals surface area contributed by atoms with E-state index in [1.807, 2.05) is 5.38 Å². The van der Waals surface area contributed by atoms with Gasteiger partial charge in [0.1, 0.15) is 5.92 Å². The maximum atomic E-state index is 13.9. The summed E-state index contributed by atoms with van der Waals surface area (Å²) in [5, 5.41) is 4.45. The maximum absolute atomic E-state index is 13.9. The highest BCUT2D eigenvalue weighted by Gasteiger charge is 2.45. The van der Waals surface area contributed by atoms with Crippen molar-refractivity contribution < 1.29 is 18.4 Å². The van der Waals surface area contributed by atoms with Crippen LogP contribution in [0.4, 0.5) is 14.5 Å². The highest BCUT2D eigenvalue weighted by atomic mass is 32.1. The average Bonchev–Trinajstić information content (AvgIpc) is 3.27. The number of hydrogen-bond acceptors (Lipinski definition) is 3. The number of rotatable bonds is 3. The van der Waals surface area contributed by atoms with E-state index in [4.69, 9.17) is 0 Å². The molecule has 2 amide bonds. The number of thiophene rings is 1. The van der Waals surface area contributed by atoms with Gasteiger partial charge < -0.3 is 10.2 Å². The Kier molecular flexibility index (Phi) is 4.26. The molecular weight excluding hydrogens is 358 g/mol. The van der Waals surface area contributed by atoms with Gasteiger partial charge in [0.05, 0.1) is 5.69 Å². The van der Waals surface area contributed by atoms with Crippen LogP contribution in [-0.4, -0.2) is 30.3 Å². The van der Waals surface area contributed by atoms with E-state index >= 15 is 0 Å². The maximum Gasteiger partial charge on any atom is 0.237 e. The number of benzene rings is 1. The van der Waals surface area contributed by atoms with E-state index in [9.17, 15) is 18.4 Å². The van der Waals surface area contributed by atoms with Gasteiger partial charge >= 0.3 is 0 Å². The molecule has 26 heavy (non-hydrogen) atoms. The van der Waals surface area contributed by atoms with E-state index in [0.717, 1.165) is 30.9 Å². The summed E-state index contributed by atoms with van der Waals surface area (Å²) in [6.07, 6.45) is 3.11. The van der Waals surface area contributed by atoms with Gasteiger partial charge in [-0.15, -0.1) is 11.3 Å². The van der Waals surface area contributed by atoms with E-state index in [0.29, 0.717) is 6.54 Å². The molecule has 2 heterocycles. The van der Waals surface area contributed by atoms with Gasteiger partial charge in [-0.2, -0.15) is 0 Å². The van der Waals surface area contributed by atoms with Gasteiger partial charge in [0.2, 0.25) is 11.8 Å². The highest BCUT2D eigenvalue weighted by Crippen LogP contribution is 2.41. The second-order valence-corrected chi connectivity index (χ2v) is 7.80. The summed E-state index contributed by atoms with van der Waals surface area (Å²) in [5.41, 5.74) is 2.07. The lowest BCUT2D eigenvalue weighted by molar-refractivity contribution is -0.135. The molecule has 4 rings (SSSR count). The number of halogens is 2. The van der Waals surface area contributed by atoms with Gasteiger partial charge in [-0.1, -0.05) is 6.07 Å². The van der Waals surface area contributed by atoms with Gasteiger partial charge in [0.15, 0.2) is 11.6 Å². The SMILES string of the molecule is CN1C[C@H](c2csc3c2CCC3)[C@@H](C(=O)Nc2cccc(F)c2F)C1=O. The zero-order valence-electron chi connectivity index (χ0n) is 14.2. The molecule has 1 aromatic carbocycles. The normalized spacial score (nSPS) is 22.0. The molecule has 0 radical (unpaired) electrons. The molecule has 1 aromatic heterocycles. The number of hydrogen-bond donors (Lipinski definition) is 1. The van der Waals surface area contributed by atoms with Crippen molar-refractivity contribution in [1.29, 1.82) is 0 Å². The van der Waals surface area contributed by atoms with Crippen LogP contribution in [0.25, 0.3) is 0 Å². The quantitative estimate of drug-likeness (QED) is 0.836. The van der Waals surface area contributed by atoms with Crippen LogP contribution >= 0.6 is 11.3 Å². The Bertz CT molecular complexity index is 896. The van der Waals surface area contributed by atoms with E-state index in [-0.39, 0.29) is 17.5 Å². The van der Waals surface area contributed by atoms with Gasteiger partial charge in [-0.05, 0) is 47.9 Å². The van der Waals surface area contributed by atoms with Crippen molar-refractivity contribution in [1.82, 2.24) is 4.90 Å². The lowest BCUT2D eigenvalue weighted by Gasteiger charge is -2.17. The monoisotopic (exact) mass is 376 g/mol.